The first-order chi connectivity index (χ1) is 7.65. The number of nitrogens with zero attached hydrogens (tertiary/aromatic N) is 1. The Labute approximate surface area is 96.4 Å². The van der Waals surface area contributed by atoms with Crippen LogP contribution in [0.15, 0.2) is 18.2 Å². The molecule has 0 spiro atoms. The fourth-order valence-electron chi connectivity index (χ4n) is 2.78. The van der Waals surface area contributed by atoms with Gasteiger partial charge in [0.05, 0.1) is 0 Å². The van der Waals surface area contributed by atoms with Gasteiger partial charge in [0.1, 0.15) is 11.4 Å². The molecule has 3 rings (SSSR count). The molecule has 1 saturated heterocycles. The molecule has 0 unspecified atom stereocenters. The second-order valence-electron chi connectivity index (χ2n) is 5.22. The van der Waals surface area contributed by atoms with Gasteiger partial charge in [0, 0.05) is 31.4 Å². The molecule has 1 fully saturated rings. The summed E-state index contributed by atoms with van der Waals surface area (Å²) in [5.74, 6) is 0.990. The summed E-state index contributed by atoms with van der Waals surface area (Å²) in [5.41, 5.74) is 2.65. The highest BCUT2D eigenvalue weighted by Gasteiger charge is 2.38. The Balaban J connectivity index is 1.76. The summed E-state index contributed by atoms with van der Waals surface area (Å²) in [5, 5.41) is 3.38. The molecular formula is C13H18N2O. The molecule has 1 aromatic carbocycles. The number of likely N-dealkylation sites (N-methyl/N-ethyl adjacent to an activating group) is 1. The molecule has 0 amide bonds. The van der Waals surface area contributed by atoms with Crippen LogP contribution in [0.1, 0.15) is 12.5 Å². The van der Waals surface area contributed by atoms with Crippen LogP contribution in [0.4, 0.5) is 5.69 Å². The summed E-state index contributed by atoms with van der Waals surface area (Å²) < 4.78 is 6.05. The van der Waals surface area contributed by atoms with E-state index in [1.807, 2.05) is 0 Å². The maximum Gasteiger partial charge on any atom is 0.131 e. The predicted molar refractivity (Wildman–Crippen MR) is 65.2 cm³/mol. The number of hydrogen-bond donors (Lipinski definition) is 1. The molecule has 86 valence electrons. The van der Waals surface area contributed by atoms with Gasteiger partial charge in [0.25, 0.3) is 0 Å². The Hall–Kier alpha value is -1.22. The third-order valence-corrected chi connectivity index (χ3v) is 3.36. The number of ether oxygens (including phenoxy) is 1. The lowest BCUT2D eigenvalue weighted by atomic mass is 9.97. The standard InChI is InChI=1S/C13H18N2O/c1-13(8-15(2)9-13)16-11-4-3-10-5-6-14-12(10)7-11/h3-4,7,14H,5-6,8-9H2,1-2H3. The van der Waals surface area contributed by atoms with Crippen LogP contribution in [0.25, 0.3) is 0 Å². The van der Waals surface area contributed by atoms with Gasteiger partial charge in [-0.05, 0) is 32.0 Å². The molecule has 2 aliphatic rings. The largest absolute Gasteiger partial charge is 0.485 e. The number of likely N-dealkylation sites (tertiary alicyclic amines) is 1. The second kappa shape index (κ2) is 3.39. The van der Waals surface area contributed by atoms with E-state index < -0.39 is 0 Å². The van der Waals surface area contributed by atoms with Gasteiger partial charge in [-0.15, -0.1) is 0 Å². The minimum atomic E-state index is 0.00158. The zero-order valence-corrected chi connectivity index (χ0v) is 9.92. The lowest BCUT2D eigenvalue weighted by Crippen LogP contribution is -2.61. The van der Waals surface area contributed by atoms with Crippen molar-refractivity contribution in [3.05, 3.63) is 23.8 Å². The van der Waals surface area contributed by atoms with E-state index in [1.54, 1.807) is 0 Å². The van der Waals surface area contributed by atoms with E-state index in [0.717, 1.165) is 31.8 Å². The first-order valence-electron chi connectivity index (χ1n) is 5.89. The smallest absolute Gasteiger partial charge is 0.131 e. The molecule has 0 aromatic heterocycles. The van der Waals surface area contributed by atoms with Crippen molar-refractivity contribution in [1.29, 1.82) is 0 Å². The van der Waals surface area contributed by atoms with Gasteiger partial charge in [0.2, 0.25) is 0 Å². The molecule has 0 bridgehead atoms. The molecule has 2 aliphatic heterocycles. The minimum Gasteiger partial charge on any atom is -0.485 e. The minimum absolute atomic E-state index is 0.00158. The Morgan fingerprint density at radius 1 is 1.38 bits per heavy atom. The molecule has 16 heavy (non-hydrogen) atoms. The van der Waals surface area contributed by atoms with Crippen molar-refractivity contribution in [3.8, 4) is 5.75 Å². The van der Waals surface area contributed by atoms with Gasteiger partial charge >= 0.3 is 0 Å². The third kappa shape index (κ3) is 1.65. The molecule has 3 nitrogen and oxygen atoms in total. The monoisotopic (exact) mass is 218 g/mol. The third-order valence-electron chi connectivity index (χ3n) is 3.36. The van der Waals surface area contributed by atoms with Gasteiger partial charge in [-0.1, -0.05) is 6.07 Å². The maximum absolute atomic E-state index is 6.05. The zero-order valence-electron chi connectivity index (χ0n) is 9.92. The lowest BCUT2D eigenvalue weighted by molar-refractivity contribution is -0.0495. The van der Waals surface area contributed by atoms with Crippen LogP contribution in [0.5, 0.6) is 5.75 Å². The second-order valence-corrected chi connectivity index (χ2v) is 5.22. The first-order valence-corrected chi connectivity index (χ1v) is 5.89. The summed E-state index contributed by atoms with van der Waals surface area (Å²) in [4.78, 5) is 2.27. The van der Waals surface area contributed by atoms with E-state index in [4.69, 9.17) is 4.74 Å². The number of nitrogens with one attached hydrogen (secondary N) is 1. The van der Waals surface area contributed by atoms with Crippen LogP contribution in [0.2, 0.25) is 0 Å². The average Bonchev–Trinajstić information content (AvgIpc) is 2.62. The number of fused-ring (bicyclic) bond motifs is 1. The van der Waals surface area contributed by atoms with E-state index in [0.29, 0.717) is 0 Å². The van der Waals surface area contributed by atoms with Crippen molar-refractivity contribution < 1.29 is 4.74 Å². The molecule has 0 aliphatic carbocycles. The number of benzene rings is 1. The van der Waals surface area contributed by atoms with Gasteiger partial charge in [-0.2, -0.15) is 0 Å². The van der Waals surface area contributed by atoms with Gasteiger partial charge in [-0.25, -0.2) is 0 Å². The zero-order chi connectivity index (χ0) is 11.2. The molecule has 1 aromatic rings. The van der Waals surface area contributed by atoms with E-state index in [2.05, 4.69) is 42.4 Å². The van der Waals surface area contributed by atoms with Crippen LogP contribution in [-0.4, -0.2) is 37.2 Å². The van der Waals surface area contributed by atoms with E-state index in [1.165, 1.54) is 11.3 Å². The average molecular weight is 218 g/mol. The fourth-order valence-corrected chi connectivity index (χ4v) is 2.78. The van der Waals surface area contributed by atoms with Crippen molar-refractivity contribution in [2.45, 2.75) is 18.9 Å². The van der Waals surface area contributed by atoms with Crippen molar-refractivity contribution in [1.82, 2.24) is 4.90 Å². The van der Waals surface area contributed by atoms with E-state index in [9.17, 15) is 0 Å². The van der Waals surface area contributed by atoms with Crippen molar-refractivity contribution in [2.24, 2.45) is 0 Å². The van der Waals surface area contributed by atoms with E-state index >= 15 is 0 Å². The quantitative estimate of drug-likeness (QED) is 0.818. The SMILES string of the molecule is CN1CC(C)(Oc2ccc3c(c2)NCC3)C1. The molecule has 2 heterocycles. The maximum atomic E-state index is 6.05. The molecule has 1 N–H and O–H groups in total. The van der Waals surface area contributed by atoms with Crippen molar-refractivity contribution in [2.75, 3.05) is 32.0 Å². The normalized spacial score (nSPS) is 22.1. The van der Waals surface area contributed by atoms with Crippen LogP contribution >= 0.6 is 0 Å². The molecular weight excluding hydrogens is 200 g/mol. The molecule has 0 atom stereocenters. The summed E-state index contributed by atoms with van der Waals surface area (Å²) in [6, 6.07) is 6.40. The van der Waals surface area contributed by atoms with Crippen LogP contribution < -0.4 is 10.1 Å². The summed E-state index contributed by atoms with van der Waals surface area (Å²) in [6.07, 6.45) is 1.13. The van der Waals surface area contributed by atoms with Crippen LogP contribution in [0, 0.1) is 0 Å². The highest BCUT2D eigenvalue weighted by molar-refractivity contribution is 5.58. The molecule has 0 saturated carbocycles. The van der Waals surface area contributed by atoms with Gasteiger partial charge in [-0.3, -0.25) is 4.90 Å². The van der Waals surface area contributed by atoms with Crippen LogP contribution in [0.3, 0.4) is 0 Å². The Bertz CT molecular complexity index is 410. The molecule has 0 radical (unpaired) electrons. The van der Waals surface area contributed by atoms with E-state index in [-0.39, 0.29) is 5.60 Å². The number of hydrogen-bond acceptors (Lipinski definition) is 3. The van der Waals surface area contributed by atoms with Gasteiger partial charge in [0.15, 0.2) is 0 Å². The highest BCUT2D eigenvalue weighted by Crippen LogP contribution is 2.31. The van der Waals surface area contributed by atoms with Crippen molar-refractivity contribution in [3.63, 3.8) is 0 Å². The summed E-state index contributed by atoms with van der Waals surface area (Å²) in [7, 11) is 2.12. The Morgan fingerprint density at radius 3 is 2.94 bits per heavy atom. The Morgan fingerprint density at radius 2 is 2.19 bits per heavy atom. The lowest BCUT2D eigenvalue weighted by Gasteiger charge is -2.45. The Kier molecular flexibility index (Phi) is 2.11. The molecule has 3 heteroatoms. The summed E-state index contributed by atoms with van der Waals surface area (Å²) >= 11 is 0. The van der Waals surface area contributed by atoms with Gasteiger partial charge < -0.3 is 10.1 Å². The van der Waals surface area contributed by atoms with Crippen molar-refractivity contribution >= 4 is 5.69 Å². The predicted octanol–water partition coefficient (Wildman–Crippen LogP) is 1.74. The fraction of sp³-hybridized carbons (Fsp3) is 0.538. The number of anilines is 1. The van der Waals surface area contributed by atoms with Crippen LogP contribution in [-0.2, 0) is 6.42 Å². The highest BCUT2D eigenvalue weighted by atomic mass is 16.5. The summed E-state index contributed by atoms with van der Waals surface area (Å²) in [6.45, 7) is 5.25. The number of rotatable bonds is 2. The topological polar surface area (TPSA) is 24.5 Å². The first kappa shape index (κ1) is 9.97.